The average Bonchev–Trinajstić information content (AvgIpc) is 3.04. The van der Waals surface area contributed by atoms with Crippen molar-refractivity contribution in [1.82, 2.24) is 15.3 Å². The van der Waals surface area contributed by atoms with E-state index in [4.69, 9.17) is 11.5 Å². The summed E-state index contributed by atoms with van der Waals surface area (Å²) in [5, 5.41) is 3.32. The summed E-state index contributed by atoms with van der Waals surface area (Å²) in [6.45, 7) is 1.96. The van der Waals surface area contributed by atoms with Gasteiger partial charge in [-0.25, -0.2) is 4.98 Å². The van der Waals surface area contributed by atoms with E-state index in [9.17, 15) is 0 Å². The molecule has 1 saturated carbocycles. The summed E-state index contributed by atoms with van der Waals surface area (Å²) in [4.78, 5) is 10.9. The molecule has 6 heteroatoms. The lowest BCUT2D eigenvalue weighted by atomic mass is 10.1. The number of hydrogen-bond acceptors (Lipinski definition) is 6. The molecule has 2 fully saturated rings. The molecule has 104 valence electrons. The van der Waals surface area contributed by atoms with Crippen molar-refractivity contribution in [3.8, 4) is 0 Å². The summed E-state index contributed by atoms with van der Waals surface area (Å²) >= 11 is 0. The van der Waals surface area contributed by atoms with Crippen molar-refractivity contribution in [2.45, 2.75) is 31.7 Å². The summed E-state index contributed by atoms with van der Waals surface area (Å²) in [7, 11) is 2.00. The second-order valence-corrected chi connectivity index (χ2v) is 5.63. The van der Waals surface area contributed by atoms with Crippen molar-refractivity contribution < 1.29 is 0 Å². The lowest BCUT2D eigenvalue weighted by Gasteiger charge is -2.23. The van der Waals surface area contributed by atoms with Crippen LogP contribution in [0.15, 0.2) is 0 Å². The van der Waals surface area contributed by atoms with Gasteiger partial charge in [-0.2, -0.15) is 4.98 Å². The molecule has 0 unspecified atom stereocenters. The fourth-order valence-electron chi connectivity index (χ4n) is 2.82. The molecule has 0 amide bonds. The van der Waals surface area contributed by atoms with E-state index in [1.165, 1.54) is 12.8 Å². The van der Waals surface area contributed by atoms with Crippen LogP contribution in [0, 0.1) is 5.92 Å². The standard InChI is InChI=1S/C13H22N6/c1-16-9-4-5-19(7-9)11-10(6-8-2-3-8)17-13(15)18-12(11)14/h8-9,16H,2-7H2,1H3,(H4,14,15,17,18)/t9-/m1/s1. The molecule has 3 rings (SSSR count). The molecular formula is C13H22N6. The van der Waals surface area contributed by atoms with Crippen LogP contribution in [-0.2, 0) is 6.42 Å². The summed E-state index contributed by atoms with van der Waals surface area (Å²) in [6.07, 6.45) is 4.70. The van der Waals surface area contributed by atoms with E-state index in [-0.39, 0.29) is 0 Å². The van der Waals surface area contributed by atoms with Crippen LogP contribution < -0.4 is 21.7 Å². The molecule has 1 aliphatic heterocycles. The number of nitrogens with one attached hydrogen (secondary N) is 1. The van der Waals surface area contributed by atoms with Crippen LogP contribution in [0.1, 0.15) is 25.0 Å². The zero-order valence-corrected chi connectivity index (χ0v) is 11.4. The molecule has 0 bridgehead atoms. The summed E-state index contributed by atoms with van der Waals surface area (Å²) < 4.78 is 0. The smallest absolute Gasteiger partial charge is 0.222 e. The van der Waals surface area contributed by atoms with E-state index in [1.807, 2.05) is 7.05 Å². The first kappa shape index (κ1) is 12.5. The second-order valence-electron chi connectivity index (χ2n) is 5.63. The molecule has 0 radical (unpaired) electrons. The van der Waals surface area contributed by atoms with Gasteiger partial charge in [-0.05, 0) is 38.6 Å². The summed E-state index contributed by atoms with van der Waals surface area (Å²) in [5.74, 6) is 1.58. The Bertz CT molecular complexity index is 470. The van der Waals surface area contributed by atoms with Crippen LogP contribution in [0.4, 0.5) is 17.5 Å². The highest BCUT2D eigenvalue weighted by molar-refractivity contribution is 5.68. The Morgan fingerprint density at radius 2 is 2.05 bits per heavy atom. The molecule has 5 N–H and O–H groups in total. The largest absolute Gasteiger partial charge is 0.382 e. The van der Waals surface area contributed by atoms with Gasteiger partial charge in [0.15, 0.2) is 5.82 Å². The molecule has 1 atom stereocenters. The zero-order valence-electron chi connectivity index (χ0n) is 11.4. The van der Waals surface area contributed by atoms with Gasteiger partial charge in [0.25, 0.3) is 0 Å². The normalized spacial score (nSPS) is 23.0. The minimum atomic E-state index is 0.293. The highest BCUT2D eigenvalue weighted by atomic mass is 15.2. The van der Waals surface area contributed by atoms with Crippen molar-refractivity contribution in [2.75, 3.05) is 36.5 Å². The highest BCUT2D eigenvalue weighted by Gasteiger charge is 2.29. The van der Waals surface area contributed by atoms with Crippen molar-refractivity contribution in [2.24, 2.45) is 5.92 Å². The van der Waals surface area contributed by atoms with Crippen molar-refractivity contribution >= 4 is 17.5 Å². The van der Waals surface area contributed by atoms with Gasteiger partial charge in [0, 0.05) is 19.1 Å². The lowest BCUT2D eigenvalue weighted by Crippen LogP contribution is -2.30. The Hall–Kier alpha value is -1.56. The van der Waals surface area contributed by atoms with Gasteiger partial charge in [0.05, 0.1) is 5.69 Å². The minimum Gasteiger partial charge on any atom is -0.382 e. The summed E-state index contributed by atoms with van der Waals surface area (Å²) in [5.41, 5.74) is 13.9. The Labute approximate surface area is 113 Å². The summed E-state index contributed by atoms with van der Waals surface area (Å²) in [6, 6.07) is 0.519. The topological polar surface area (TPSA) is 93.1 Å². The van der Waals surface area contributed by atoms with Crippen molar-refractivity contribution in [3.05, 3.63) is 5.69 Å². The van der Waals surface area contributed by atoms with Gasteiger partial charge in [-0.3, -0.25) is 0 Å². The molecule has 2 heterocycles. The van der Waals surface area contributed by atoms with Gasteiger partial charge in [0.1, 0.15) is 5.69 Å². The SMILES string of the molecule is CN[C@@H]1CCN(c2c(N)nc(N)nc2CC2CC2)C1. The van der Waals surface area contributed by atoms with E-state index in [2.05, 4.69) is 20.2 Å². The number of aromatic nitrogens is 2. The number of nitrogen functional groups attached to an aromatic ring is 2. The quantitative estimate of drug-likeness (QED) is 0.727. The average molecular weight is 262 g/mol. The monoisotopic (exact) mass is 262 g/mol. The maximum Gasteiger partial charge on any atom is 0.222 e. The molecule has 1 aromatic rings. The van der Waals surface area contributed by atoms with Crippen LogP contribution >= 0.6 is 0 Å². The van der Waals surface area contributed by atoms with E-state index in [0.717, 1.165) is 43.2 Å². The number of rotatable bonds is 4. The fourth-order valence-corrected chi connectivity index (χ4v) is 2.82. The number of likely N-dealkylation sites (N-methyl/N-ethyl adjacent to an activating group) is 1. The van der Waals surface area contributed by atoms with Gasteiger partial charge in [-0.1, -0.05) is 0 Å². The maximum absolute atomic E-state index is 6.09. The maximum atomic E-state index is 6.09. The Balaban J connectivity index is 1.89. The second kappa shape index (κ2) is 4.85. The lowest BCUT2D eigenvalue weighted by molar-refractivity contribution is 0.616. The first-order valence-electron chi connectivity index (χ1n) is 7.01. The van der Waals surface area contributed by atoms with Gasteiger partial charge >= 0.3 is 0 Å². The Morgan fingerprint density at radius 3 is 2.68 bits per heavy atom. The minimum absolute atomic E-state index is 0.293. The third kappa shape index (κ3) is 2.58. The molecule has 0 aromatic carbocycles. The van der Waals surface area contributed by atoms with Gasteiger partial charge in [-0.15, -0.1) is 0 Å². The van der Waals surface area contributed by atoms with Crippen LogP contribution in [0.5, 0.6) is 0 Å². The van der Waals surface area contributed by atoms with Gasteiger partial charge < -0.3 is 21.7 Å². The van der Waals surface area contributed by atoms with Crippen LogP contribution in [0.25, 0.3) is 0 Å². The fraction of sp³-hybridized carbons (Fsp3) is 0.692. The Morgan fingerprint density at radius 1 is 1.26 bits per heavy atom. The molecule has 6 nitrogen and oxygen atoms in total. The molecule has 1 aromatic heterocycles. The van der Waals surface area contributed by atoms with Crippen LogP contribution in [0.2, 0.25) is 0 Å². The molecule has 19 heavy (non-hydrogen) atoms. The van der Waals surface area contributed by atoms with Crippen LogP contribution in [0.3, 0.4) is 0 Å². The van der Waals surface area contributed by atoms with E-state index in [1.54, 1.807) is 0 Å². The number of nitrogens with two attached hydrogens (primary N) is 2. The number of anilines is 3. The third-order valence-electron chi connectivity index (χ3n) is 4.09. The number of nitrogens with zero attached hydrogens (tertiary/aromatic N) is 3. The highest BCUT2D eigenvalue weighted by Crippen LogP contribution is 2.37. The predicted octanol–water partition coefficient (Wildman–Crippen LogP) is 0.392. The van der Waals surface area contributed by atoms with E-state index >= 15 is 0 Å². The third-order valence-corrected chi connectivity index (χ3v) is 4.09. The van der Waals surface area contributed by atoms with Crippen LogP contribution in [-0.4, -0.2) is 36.1 Å². The molecule has 1 aliphatic carbocycles. The van der Waals surface area contributed by atoms with Crippen molar-refractivity contribution in [1.29, 1.82) is 0 Å². The molecule has 2 aliphatic rings. The Kier molecular flexibility index (Phi) is 3.18. The van der Waals surface area contributed by atoms with E-state index in [0.29, 0.717) is 17.8 Å². The number of hydrogen-bond donors (Lipinski definition) is 3. The van der Waals surface area contributed by atoms with E-state index < -0.39 is 0 Å². The molecular weight excluding hydrogens is 240 g/mol. The van der Waals surface area contributed by atoms with Crippen molar-refractivity contribution in [3.63, 3.8) is 0 Å². The first-order chi connectivity index (χ1) is 9.17. The first-order valence-corrected chi connectivity index (χ1v) is 7.01. The van der Waals surface area contributed by atoms with Gasteiger partial charge in [0.2, 0.25) is 5.95 Å². The zero-order chi connectivity index (χ0) is 13.4. The molecule has 0 spiro atoms. The predicted molar refractivity (Wildman–Crippen MR) is 77.0 cm³/mol. The molecule has 1 saturated heterocycles.